The third kappa shape index (κ3) is 4.93. The molecule has 3 rings (SSSR count). The second-order valence-electron chi connectivity index (χ2n) is 6.59. The fourth-order valence-electron chi connectivity index (χ4n) is 2.93. The van der Waals surface area contributed by atoms with E-state index in [1.165, 1.54) is 23.1 Å². The Kier molecular flexibility index (Phi) is 6.64. The van der Waals surface area contributed by atoms with Crippen LogP contribution >= 0.6 is 11.6 Å². The van der Waals surface area contributed by atoms with Crippen molar-refractivity contribution in [1.29, 1.82) is 0 Å². The van der Waals surface area contributed by atoms with E-state index >= 15 is 0 Å². The highest BCUT2D eigenvalue weighted by Crippen LogP contribution is 2.25. The first-order valence-electron chi connectivity index (χ1n) is 9.06. The summed E-state index contributed by atoms with van der Waals surface area (Å²) < 4.78 is 33.3. The van der Waals surface area contributed by atoms with Crippen molar-refractivity contribution in [3.8, 4) is 5.75 Å². The lowest BCUT2D eigenvalue weighted by Gasteiger charge is -2.19. The van der Waals surface area contributed by atoms with E-state index in [1.54, 1.807) is 44.5 Å². The number of methoxy groups -OCH3 is 1. The standard InChI is InChI=1S/C22H21ClN2O4S/c1-25(15-17-8-3-6-13-21(17)29-2)22(26)16-9-7-10-18(14-16)30(27,28)24-20-12-5-4-11-19(20)23/h3-14,24H,15H2,1-2H3. The Labute approximate surface area is 181 Å². The van der Waals surface area contributed by atoms with E-state index in [-0.39, 0.29) is 27.1 Å². The highest BCUT2D eigenvalue weighted by Gasteiger charge is 2.19. The number of rotatable bonds is 7. The van der Waals surface area contributed by atoms with Gasteiger partial charge in [-0.2, -0.15) is 0 Å². The zero-order valence-corrected chi connectivity index (χ0v) is 18.1. The van der Waals surface area contributed by atoms with Crippen LogP contribution in [0.2, 0.25) is 5.02 Å². The molecule has 0 atom stereocenters. The van der Waals surface area contributed by atoms with Gasteiger partial charge in [-0.1, -0.05) is 48.0 Å². The summed E-state index contributed by atoms with van der Waals surface area (Å²) >= 11 is 6.04. The molecule has 0 spiro atoms. The molecule has 0 aliphatic rings. The van der Waals surface area contributed by atoms with Crippen LogP contribution in [0.15, 0.2) is 77.7 Å². The van der Waals surface area contributed by atoms with Crippen molar-refractivity contribution in [1.82, 2.24) is 4.90 Å². The molecule has 0 saturated heterocycles. The number of hydrogen-bond donors (Lipinski definition) is 1. The molecule has 0 aromatic heterocycles. The van der Waals surface area contributed by atoms with Gasteiger partial charge in [-0.15, -0.1) is 0 Å². The summed E-state index contributed by atoms with van der Waals surface area (Å²) in [5.74, 6) is 0.369. The van der Waals surface area contributed by atoms with Gasteiger partial charge < -0.3 is 9.64 Å². The summed E-state index contributed by atoms with van der Waals surface area (Å²) in [6, 6.07) is 19.8. The summed E-state index contributed by atoms with van der Waals surface area (Å²) in [7, 11) is -0.691. The van der Waals surface area contributed by atoms with E-state index in [1.807, 2.05) is 24.3 Å². The molecule has 30 heavy (non-hydrogen) atoms. The number of benzene rings is 3. The van der Waals surface area contributed by atoms with E-state index in [4.69, 9.17) is 16.3 Å². The number of nitrogens with zero attached hydrogens (tertiary/aromatic N) is 1. The van der Waals surface area contributed by atoms with Crippen molar-refractivity contribution < 1.29 is 17.9 Å². The Balaban J connectivity index is 1.82. The van der Waals surface area contributed by atoms with Crippen LogP contribution in [0.1, 0.15) is 15.9 Å². The van der Waals surface area contributed by atoms with E-state index in [9.17, 15) is 13.2 Å². The van der Waals surface area contributed by atoms with Gasteiger partial charge in [0.2, 0.25) is 0 Å². The first-order chi connectivity index (χ1) is 14.3. The van der Waals surface area contributed by atoms with Crippen molar-refractivity contribution >= 4 is 33.2 Å². The summed E-state index contributed by atoms with van der Waals surface area (Å²) in [5, 5.41) is 0.282. The molecule has 6 nitrogen and oxygen atoms in total. The SMILES string of the molecule is COc1ccccc1CN(C)C(=O)c1cccc(S(=O)(=O)Nc2ccccc2Cl)c1. The van der Waals surface area contributed by atoms with Crippen LogP contribution in [0.25, 0.3) is 0 Å². The summed E-state index contributed by atoms with van der Waals surface area (Å²) in [6.45, 7) is 0.317. The Morgan fingerprint density at radius 1 is 1.03 bits per heavy atom. The molecule has 0 fully saturated rings. The highest BCUT2D eigenvalue weighted by molar-refractivity contribution is 7.92. The molecule has 0 heterocycles. The number of nitrogens with one attached hydrogen (secondary N) is 1. The number of sulfonamides is 1. The minimum atomic E-state index is -3.91. The van der Waals surface area contributed by atoms with Gasteiger partial charge >= 0.3 is 0 Å². The van der Waals surface area contributed by atoms with Crippen LogP contribution < -0.4 is 9.46 Å². The third-order valence-electron chi connectivity index (χ3n) is 4.46. The van der Waals surface area contributed by atoms with Crippen molar-refractivity contribution in [3.05, 3.63) is 88.9 Å². The molecular weight excluding hydrogens is 424 g/mol. The number of para-hydroxylation sites is 2. The van der Waals surface area contributed by atoms with Gasteiger partial charge in [0.1, 0.15) is 5.75 Å². The maximum atomic E-state index is 12.9. The molecule has 3 aromatic rings. The Morgan fingerprint density at radius 3 is 2.47 bits per heavy atom. The minimum Gasteiger partial charge on any atom is -0.496 e. The number of carbonyl (C=O) groups is 1. The molecular formula is C22H21ClN2O4S. The highest BCUT2D eigenvalue weighted by atomic mass is 35.5. The lowest BCUT2D eigenvalue weighted by Crippen LogP contribution is -2.26. The van der Waals surface area contributed by atoms with Crippen LogP contribution in [0.5, 0.6) is 5.75 Å². The van der Waals surface area contributed by atoms with E-state index < -0.39 is 10.0 Å². The topological polar surface area (TPSA) is 75.7 Å². The predicted molar refractivity (Wildman–Crippen MR) is 117 cm³/mol. The average molecular weight is 445 g/mol. The van der Waals surface area contributed by atoms with Crippen LogP contribution in [0.4, 0.5) is 5.69 Å². The first-order valence-corrected chi connectivity index (χ1v) is 10.9. The van der Waals surface area contributed by atoms with Gasteiger partial charge in [0.25, 0.3) is 15.9 Å². The molecule has 0 bridgehead atoms. The Hall–Kier alpha value is -3.03. The second-order valence-corrected chi connectivity index (χ2v) is 8.68. The summed E-state index contributed by atoms with van der Waals surface area (Å²) in [4.78, 5) is 14.4. The number of carbonyl (C=O) groups excluding carboxylic acids is 1. The van der Waals surface area contributed by atoms with Crippen molar-refractivity contribution in [3.63, 3.8) is 0 Å². The predicted octanol–water partition coefficient (Wildman–Crippen LogP) is 4.42. The molecule has 0 saturated carbocycles. The van der Waals surface area contributed by atoms with E-state index in [2.05, 4.69) is 4.72 Å². The van der Waals surface area contributed by atoms with Crippen molar-refractivity contribution in [2.45, 2.75) is 11.4 Å². The van der Waals surface area contributed by atoms with Gasteiger partial charge in [-0.3, -0.25) is 9.52 Å². The Bertz CT molecular complexity index is 1170. The lowest BCUT2D eigenvalue weighted by atomic mass is 10.1. The molecule has 0 radical (unpaired) electrons. The van der Waals surface area contributed by atoms with Crippen LogP contribution in [0, 0.1) is 0 Å². The molecule has 0 aliphatic heterocycles. The molecule has 8 heteroatoms. The summed E-state index contributed by atoms with van der Waals surface area (Å²) in [5.41, 5.74) is 1.37. The molecule has 156 valence electrons. The number of amides is 1. The second kappa shape index (κ2) is 9.19. The fourth-order valence-corrected chi connectivity index (χ4v) is 4.29. The van der Waals surface area contributed by atoms with E-state index in [0.717, 1.165) is 5.56 Å². The number of halogens is 1. The molecule has 0 aliphatic carbocycles. The van der Waals surface area contributed by atoms with Crippen molar-refractivity contribution in [2.24, 2.45) is 0 Å². The normalized spacial score (nSPS) is 11.0. The van der Waals surface area contributed by atoms with Gasteiger partial charge in [-0.25, -0.2) is 8.42 Å². The lowest BCUT2D eigenvalue weighted by molar-refractivity contribution is 0.0784. The van der Waals surface area contributed by atoms with Gasteiger partial charge in [0.15, 0.2) is 0 Å². The molecule has 1 N–H and O–H groups in total. The van der Waals surface area contributed by atoms with Gasteiger partial charge in [0, 0.05) is 24.7 Å². The number of ether oxygens (including phenoxy) is 1. The fraction of sp³-hybridized carbons (Fsp3) is 0.136. The Morgan fingerprint density at radius 2 is 1.73 bits per heavy atom. The molecule has 1 amide bonds. The van der Waals surface area contributed by atoms with Gasteiger partial charge in [-0.05, 0) is 36.4 Å². The molecule has 0 unspecified atom stereocenters. The third-order valence-corrected chi connectivity index (χ3v) is 6.15. The van der Waals surface area contributed by atoms with Crippen LogP contribution in [-0.2, 0) is 16.6 Å². The van der Waals surface area contributed by atoms with Crippen LogP contribution in [-0.4, -0.2) is 33.4 Å². The number of anilines is 1. The van der Waals surface area contributed by atoms with E-state index in [0.29, 0.717) is 12.3 Å². The maximum Gasteiger partial charge on any atom is 0.261 e. The smallest absolute Gasteiger partial charge is 0.261 e. The monoisotopic (exact) mass is 444 g/mol. The molecule has 3 aromatic carbocycles. The van der Waals surface area contributed by atoms with Crippen molar-refractivity contribution in [2.75, 3.05) is 18.9 Å². The largest absolute Gasteiger partial charge is 0.496 e. The zero-order valence-electron chi connectivity index (χ0n) is 16.5. The van der Waals surface area contributed by atoms with Crippen LogP contribution in [0.3, 0.4) is 0 Å². The number of hydrogen-bond acceptors (Lipinski definition) is 4. The maximum absolute atomic E-state index is 12.9. The average Bonchev–Trinajstić information content (AvgIpc) is 2.75. The minimum absolute atomic E-state index is 0.0287. The zero-order chi connectivity index (χ0) is 21.7. The summed E-state index contributed by atoms with van der Waals surface area (Å²) in [6.07, 6.45) is 0. The quantitative estimate of drug-likeness (QED) is 0.585. The first kappa shape index (κ1) is 21.7. The van der Waals surface area contributed by atoms with Gasteiger partial charge in [0.05, 0.1) is 22.7 Å².